The van der Waals surface area contributed by atoms with Crippen molar-refractivity contribution in [2.24, 2.45) is 0 Å². The zero-order chi connectivity index (χ0) is 22.0. The molecule has 2 heterocycles. The highest BCUT2D eigenvalue weighted by atomic mass is 19.4. The number of esters is 1. The molecule has 1 amide bonds. The van der Waals surface area contributed by atoms with E-state index in [4.69, 9.17) is 0 Å². The number of aromatic nitrogens is 4. The topological polar surface area (TPSA) is 98.5 Å². The third-order valence-electron chi connectivity index (χ3n) is 3.73. The number of halogens is 6. The van der Waals surface area contributed by atoms with Crippen LogP contribution in [0.3, 0.4) is 0 Å². The van der Waals surface area contributed by atoms with E-state index in [0.717, 1.165) is 4.52 Å². The lowest BCUT2D eigenvalue weighted by atomic mass is 10.1. The Kier molecular flexibility index (Phi) is 6.33. The Labute approximate surface area is 159 Å². The summed E-state index contributed by atoms with van der Waals surface area (Å²) in [6.07, 6.45) is -9.61. The van der Waals surface area contributed by atoms with Crippen molar-refractivity contribution in [2.75, 3.05) is 13.2 Å². The zero-order valence-electron chi connectivity index (χ0n) is 15.1. The van der Waals surface area contributed by atoms with E-state index in [9.17, 15) is 35.9 Å². The minimum atomic E-state index is -4.75. The number of aryl methyl sites for hydroxylation is 2. The number of carbonyl (C=O) groups excluding carboxylic acids is 2. The maximum Gasteiger partial charge on any atom is 0.453 e. The van der Waals surface area contributed by atoms with Gasteiger partial charge in [-0.3, -0.25) is 9.59 Å². The first-order valence-electron chi connectivity index (χ1n) is 8.07. The van der Waals surface area contributed by atoms with Crippen LogP contribution in [0.1, 0.15) is 29.2 Å². The van der Waals surface area contributed by atoms with Crippen LogP contribution in [0.25, 0.3) is 5.78 Å². The molecule has 2 aromatic heterocycles. The van der Waals surface area contributed by atoms with Gasteiger partial charge in [0.1, 0.15) is 6.54 Å². The maximum absolute atomic E-state index is 12.8. The molecular weight excluding hydrogens is 412 g/mol. The van der Waals surface area contributed by atoms with Crippen LogP contribution < -0.4 is 5.32 Å². The summed E-state index contributed by atoms with van der Waals surface area (Å²) in [6.45, 7) is 0.551. The van der Waals surface area contributed by atoms with Gasteiger partial charge in [-0.15, -0.1) is 5.10 Å². The van der Waals surface area contributed by atoms with Crippen molar-refractivity contribution in [3.8, 4) is 0 Å². The average Bonchev–Trinajstić information content (AvgIpc) is 3.01. The molecule has 1 N–H and O–H groups in total. The summed E-state index contributed by atoms with van der Waals surface area (Å²) in [5, 5.41) is 4.91. The van der Waals surface area contributed by atoms with Crippen LogP contribution in [0, 0.1) is 13.8 Å². The lowest BCUT2D eigenvalue weighted by molar-refractivity contribution is -0.151. The minimum absolute atomic E-state index is 0.00478. The molecule has 0 spiro atoms. The van der Waals surface area contributed by atoms with Gasteiger partial charge in [0.25, 0.3) is 17.5 Å². The zero-order valence-corrected chi connectivity index (χ0v) is 15.1. The van der Waals surface area contributed by atoms with Crippen LogP contribution in [0.2, 0.25) is 0 Å². The fourth-order valence-corrected chi connectivity index (χ4v) is 2.39. The molecule has 0 fully saturated rings. The van der Waals surface area contributed by atoms with Gasteiger partial charge < -0.3 is 10.1 Å². The van der Waals surface area contributed by atoms with Gasteiger partial charge in [0, 0.05) is 17.8 Å². The highest BCUT2D eigenvalue weighted by Gasteiger charge is 2.37. The summed E-state index contributed by atoms with van der Waals surface area (Å²) in [7, 11) is 0. The van der Waals surface area contributed by atoms with E-state index < -0.39 is 43.2 Å². The van der Waals surface area contributed by atoms with Crippen LogP contribution in [-0.2, 0) is 26.9 Å². The molecule has 0 radical (unpaired) electrons. The van der Waals surface area contributed by atoms with E-state index in [1.807, 2.05) is 0 Å². The maximum atomic E-state index is 12.8. The largest absolute Gasteiger partial charge is 0.456 e. The summed E-state index contributed by atoms with van der Waals surface area (Å²) in [6, 6.07) is 0. The lowest BCUT2D eigenvalue weighted by Crippen LogP contribution is -2.36. The fraction of sp³-hybridized carbons (Fsp3) is 0.533. The number of nitrogens with zero attached hydrogens (tertiary/aromatic N) is 4. The van der Waals surface area contributed by atoms with Crippen LogP contribution >= 0.6 is 0 Å². The summed E-state index contributed by atoms with van der Waals surface area (Å²) in [5.41, 5.74) is 1.03. The van der Waals surface area contributed by atoms with Gasteiger partial charge >= 0.3 is 18.3 Å². The van der Waals surface area contributed by atoms with Gasteiger partial charge in [-0.25, -0.2) is 9.50 Å². The molecule has 0 unspecified atom stereocenters. The lowest BCUT2D eigenvalue weighted by Gasteiger charge is -2.11. The Morgan fingerprint density at radius 1 is 1.10 bits per heavy atom. The third-order valence-corrected chi connectivity index (χ3v) is 3.73. The summed E-state index contributed by atoms with van der Waals surface area (Å²) in [4.78, 5) is 30.2. The average molecular weight is 427 g/mol. The van der Waals surface area contributed by atoms with Gasteiger partial charge in [0.05, 0.1) is 0 Å². The molecule has 0 aliphatic carbocycles. The second-order valence-electron chi connectivity index (χ2n) is 5.96. The van der Waals surface area contributed by atoms with E-state index in [2.05, 4.69) is 19.8 Å². The molecule has 29 heavy (non-hydrogen) atoms. The highest BCUT2D eigenvalue weighted by molar-refractivity contribution is 5.80. The molecule has 8 nitrogen and oxygen atoms in total. The second kappa shape index (κ2) is 8.21. The Hall–Kier alpha value is -2.93. The SMILES string of the molecule is Cc1nc2nc(C(F)(F)F)nn2c(C)c1CCC(=O)OCC(=O)NCC(F)(F)F. The van der Waals surface area contributed by atoms with E-state index in [1.54, 1.807) is 5.32 Å². The highest BCUT2D eigenvalue weighted by Crippen LogP contribution is 2.27. The van der Waals surface area contributed by atoms with E-state index in [1.165, 1.54) is 13.8 Å². The van der Waals surface area contributed by atoms with E-state index >= 15 is 0 Å². The molecule has 0 bridgehead atoms. The van der Waals surface area contributed by atoms with Gasteiger partial charge in [0.15, 0.2) is 6.61 Å². The molecule has 0 atom stereocenters. The number of nitrogens with one attached hydrogen (secondary N) is 1. The Bertz CT molecular complexity index is 922. The first-order valence-corrected chi connectivity index (χ1v) is 8.07. The summed E-state index contributed by atoms with van der Waals surface area (Å²) >= 11 is 0. The van der Waals surface area contributed by atoms with Crippen LogP contribution in [0.5, 0.6) is 0 Å². The standard InChI is InChI=1S/C15H15F6N5O3/c1-7-9(3-4-11(28)29-5-10(27)22-6-14(16,17)18)8(2)26-13(23-7)24-12(25-26)15(19,20)21/h3-6H2,1-2H3,(H,22,27). The first kappa shape index (κ1) is 22.4. The first-order chi connectivity index (χ1) is 13.3. The minimum Gasteiger partial charge on any atom is -0.456 e. The van der Waals surface area contributed by atoms with Gasteiger partial charge in [-0.2, -0.15) is 31.3 Å². The predicted octanol–water partition coefficient (Wildman–Crippen LogP) is 1.91. The molecule has 0 saturated carbocycles. The van der Waals surface area contributed by atoms with Crippen LogP contribution in [-0.4, -0.2) is 50.8 Å². The van der Waals surface area contributed by atoms with Gasteiger partial charge in [-0.05, 0) is 25.8 Å². The summed E-state index contributed by atoms with van der Waals surface area (Å²) < 4.78 is 79.7. The van der Waals surface area contributed by atoms with Crippen molar-refractivity contribution >= 4 is 17.7 Å². The van der Waals surface area contributed by atoms with E-state index in [-0.39, 0.29) is 24.3 Å². The number of hydrogen-bond donors (Lipinski definition) is 1. The molecule has 2 rings (SSSR count). The fourth-order valence-electron chi connectivity index (χ4n) is 2.39. The van der Waals surface area contributed by atoms with Crippen molar-refractivity contribution in [3.05, 3.63) is 22.8 Å². The Balaban J connectivity index is 1.99. The van der Waals surface area contributed by atoms with Crippen molar-refractivity contribution in [1.82, 2.24) is 24.9 Å². The molecule has 160 valence electrons. The normalized spacial score (nSPS) is 12.3. The summed E-state index contributed by atoms with van der Waals surface area (Å²) in [5.74, 6) is -3.59. The second-order valence-corrected chi connectivity index (χ2v) is 5.96. The molecule has 0 aliphatic rings. The molecular formula is C15H15F6N5O3. The smallest absolute Gasteiger partial charge is 0.453 e. The number of carbonyl (C=O) groups is 2. The van der Waals surface area contributed by atoms with Crippen LogP contribution in [0.4, 0.5) is 26.3 Å². The van der Waals surface area contributed by atoms with E-state index in [0.29, 0.717) is 11.3 Å². The number of hydrogen-bond acceptors (Lipinski definition) is 6. The molecule has 0 aromatic carbocycles. The Morgan fingerprint density at radius 3 is 2.34 bits per heavy atom. The monoisotopic (exact) mass is 427 g/mol. The number of fused-ring (bicyclic) bond motifs is 1. The predicted molar refractivity (Wildman–Crippen MR) is 83.6 cm³/mol. The Morgan fingerprint density at radius 2 is 1.76 bits per heavy atom. The molecule has 14 heteroatoms. The number of amides is 1. The molecule has 0 aliphatic heterocycles. The van der Waals surface area contributed by atoms with Gasteiger partial charge in [-0.1, -0.05) is 0 Å². The van der Waals surface area contributed by atoms with Gasteiger partial charge in [0.2, 0.25) is 0 Å². The van der Waals surface area contributed by atoms with Crippen molar-refractivity contribution in [1.29, 1.82) is 0 Å². The number of alkyl halides is 6. The van der Waals surface area contributed by atoms with Crippen molar-refractivity contribution in [3.63, 3.8) is 0 Å². The van der Waals surface area contributed by atoms with Crippen molar-refractivity contribution < 1.29 is 40.7 Å². The van der Waals surface area contributed by atoms with Crippen LogP contribution in [0.15, 0.2) is 0 Å². The molecule has 0 saturated heterocycles. The van der Waals surface area contributed by atoms with Crippen molar-refractivity contribution in [2.45, 2.75) is 39.0 Å². The number of ether oxygens (including phenoxy) is 1. The third kappa shape index (κ3) is 6.02. The quantitative estimate of drug-likeness (QED) is 0.559. The number of rotatable bonds is 6. The molecule has 2 aromatic rings.